The van der Waals surface area contributed by atoms with Crippen LogP contribution in [0.25, 0.3) is 11.1 Å². The molecule has 0 fully saturated rings. The molecule has 2 heteroatoms. The molecule has 0 aliphatic carbocycles. The Labute approximate surface area is 108 Å². The molecule has 2 aromatic carbocycles. The van der Waals surface area contributed by atoms with E-state index in [1.807, 2.05) is 0 Å². The predicted octanol–water partition coefficient (Wildman–Crippen LogP) is 2.80. The van der Waals surface area contributed by atoms with Gasteiger partial charge in [0, 0.05) is 25.8 Å². The van der Waals surface area contributed by atoms with Crippen molar-refractivity contribution in [1.82, 2.24) is 0 Å². The maximum Gasteiger partial charge on any atom is 0.0397 e. The topological polar surface area (TPSA) is 29.3 Å². The first-order chi connectivity index (χ1) is 8.78. The highest BCUT2D eigenvalue weighted by atomic mass is 15.1. The summed E-state index contributed by atoms with van der Waals surface area (Å²) in [7, 11) is 2.15. The van der Waals surface area contributed by atoms with Crippen molar-refractivity contribution in [2.45, 2.75) is 13.0 Å². The molecule has 0 aromatic heterocycles. The minimum atomic E-state index is 0.606. The minimum absolute atomic E-state index is 0.606. The molecule has 2 N–H and O–H groups in total. The van der Waals surface area contributed by atoms with E-state index in [9.17, 15) is 0 Å². The van der Waals surface area contributed by atoms with Crippen LogP contribution in [-0.4, -0.2) is 13.6 Å². The van der Waals surface area contributed by atoms with Gasteiger partial charge in [0.1, 0.15) is 0 Å². The van der Waals surface area contributed by atoms with Crippen molar-refractivity contribution in [2.75, 3.05) is 18.5 Å². The fourth-order valence-electron chi connectivity index (χ4n) is 2.58. The Kier molecular flexibility index (Phi) is 2.80. The summed E-state index contributed by atoms with van der Waals surface area (Å²) in [5.41, 5.74) is 12.2. The highest BCUT2D eigenvalue weighted by Gasteiger charge is 2.15. The second-order valence-corrected chi connectivity index (χ2v) is 4.92. The van der Waals surface area contributed by atoms with Crippen molar-refractivity contribution in [3.05, 3.63) is 53.6 Å². The normalized spacial score (nSPS) is 13.8. The van der Waals surface area contributed by atoms with Gasteiger partial charge in [0.25, 0.3) is 0 Å². The summed E-state index contributed by atoms with van der Waals surface area (Å²) in [5.74, 6) is 0. The summed E-state index contributed by atoms with van der Waals surface area (Å²) in [6, 6.07) is 15.3. The Morgan fingerprint density at radius 2 is 1.78 bits per heavy atom. The van der Waals surface area contributed by atoms with Gasteiger partial charge < -0.3 is 10.6 Å². The third-order valence-electron chi connectivity index (χ3n) is 3.73. The molecule has 2 aromatic rings. The van der Waals surface area contributed by atoms with E-state index in [-0.39, 0.29) is 0 Å². The lowest BCUT2D eigenvalue weighted by Crippen LogP contribution is -2.12. The third-order valence-corrected chi connectivity index (χ3v) is 3.73. The lowest BCUT2D eigenvalue weighted by molar-refractivity contribution is 0.956. The second kappa shape index (κ2) is 4.46. The number of hydrogen-bond donors (Lipinski definition) is 1. The van der Waals surface area contributed by atoms with Crippen molar-refractivity contribution in [1.29, 1.82) is 0 Å². The first-order valence-corrected chi connectivity index (χ1v) is 6.41. The number of hydrogen-bond acceptors (Lipinski definition) is 2. The monoisotopic (exact) mass is 238 g/mol. The Bertz CT molecular complexity index is 558. The summed E-state index contributed by atoms with van der Waals surface area (Å²) in [6.45, 7) is 1.74. The summed E-state index contributed by atoms with van der Waals surface area (Å²) in [6.07, 6.45) is 1.15. The van der Waals surface area contributed by atoms with Gasteiger partial charge in [-0.2, -0.15) is 0 Å². The molecule has 92 valence electrons. The lowest BCUT2D eigenvalue weighted by Gasteiger charge is -2.12. The van der Waals surface area contributed by atoms with Gasteiger partial charge >= 0.3 is 0 Å². The van der Waals surface area contributed by atoms with Crippen LogP contribution in [0.3, 0.4) is 0 Å². The molecule has 1 aliphatic heterocycles. The van der Waals surface area contributed by atoms with E-state index in [4.69, 9.17) is 5.73 Å². The predicted molar refractivity (Wildman–Crippen MR) is 76.7 cm³/mol. The number of rotatable bonds is 2. The average Bonchev–Trinajstić information content (AvgIpc) is 2.80. The van der Waals surface area contributed by atoms with Crippen LogP contribution in [-0.2, 0) is 13.0 Å². The van der Waals surface area contributed by atoms with Gasteiger partial charge in [-0.3, -0.25) is 0 Å². The molecule has 0 unspecified atom stereocenters. The van der Waals surface area contributed by atoms with Crippen molar-refractivity contribution >= 4 is 5.69 Å². The zero-order valence-electron chi connectivity index (χ0n) is 10.7. The van der Waals surface area contributed by atoms with E-state index in [0.29, 0.717) is 6.54 Å². The number of likely N-dealkylation sites (N-methyl/N-ethyl adjacent to an activating group) is 1. The first-order valence-electron chi connectivity index (χ1n) is 6.41. The van der Waals surface area contributed by atoms with Crippen LogP contribution in [0.5, 0.6) is 0 Å². The molecule has 0 bridgehead atoms. The van der Waals surface area contributed by atoms with E-state index in [0.717, 1.165) is 13.0 Å². The molecule has 0 amide bonds. The molecular formula is C16H18N2. The van der Waals surface area contributed by atoms with Crippen LogP contribution in [0.1, 0.15) is 11.1 Å². The maximum absolute atomic E-state index is 5.62. The molecule has 18 heavy (non-hydrogen) atoms. The van der Waals surface area contributed by atoms with Crippen LogP contribution in [0, 0.1) is 0 Å². The van der Waals surface area contributed by atoms with Crippen molar-refractivity contribution < 1.29 is 0 Å². The summed E-state index contributed by atoms with van der Waals surface area (Å²) < 4.78 is 0. The van der Waals surface area contributed by atoms with Crippen molar-refractivity contribution in [2.24, 2.45) is 5.73 Å². The third kappa shape index (κ3) is 1.89. The quantitative estimate of drug-likeness (QED) is 0.871. The van der Waals surface area contributed by atoms with Crippen LogP contribution < -0.4 is 10.6 Å². The highest BCUT2D eigenvalue weighted by molar-refractivity contribution is 5.70. The zero-order valence-corrected chi connectivity index (χ0v) is 10.7. The lowest BCUT2D eigenvalue weighted by atomic mass is 10.0. The zero-order chi connectivity index (χ0) is 12.5. The largest absolute Gasteiger partial charge is 0.374 e. The Hall–Kier alpha value is -1.80. The molecule has 0 saturated carbocycles. The molecule has 3 rings (SSSR count). The van der Waals surface area contributed by atoms with Gasteiger partial charge in [-0.1, -0.05) is 30.3 Å². The summed E-state index contributed by atoms with van der Waals surface area (Å²) >= 11 is 0. The molecule has 0 atom stereocenters. The van der Waals surface area contributed by atoms with Crippen LogP contribution >= 0.6 is 0 Å². The van der Waals surface area contributed by atoms with Crippen molar-refractivity contribution in [3.63, 3.8) is 0 Å². The molecule has 0 saturated heterocycles. The van der Waals surface area contributed by atoms with Gasteiger partial charge in [-0.05, 0) is 40.8 Å². The number of anilines is 1. The molecular weight excluding hydrogens is 220 g/mol. The number of benzene rings is 2. The van der Waals surface area contributed by atoms with Crippen LogP contribution in [0.2, 0.25) is 0 Å². The van der Waals surface area contributed by atoms with Gasteiger partial charge in [0.15, 0.2) is 0 Å². The number of fused-ring (bicyclic) bond motifs is 1. The molecule has 1 heterocycles. The maximum atomic E-state index is 5.62. The van der Waals surface area contributed by atoms with Crippen molar-refractivity contribution in [3.8, 4) is 11.1 Å². The fourth-order valence-corrected chi connectivity index (χ4v) is 2.58. The van der Waals surface area contributed by atoms with Gasteiger partial charge in [0.2, 0.25) is 0 Å². The average molecular weight is 238 g/mol. The highest BCUT2D eigenvalue weighted by Crippen LogP contribution is 2.31. The van der Waals surface area contributed by atoms with Crippen LogP contribution in [0.4, 0.5) is 5.69 Å². The molecule has 0 spiro atoms. The van der Waals surface area contributed by atoms with E-state index in [1.165, 1.54) is 27.9 Å². The van der Waals surface area contributed by atoms with Gasteiger partial charge in [0.05, 0.1) is 0 Å². The Morgan fingerprint density at radius 1 is 1.06 bits per heavy atom. The first kappa shape index (κ1) is 11.3. The van der Waals surface area contributed by atoms with E-state index in [1.54, 1.807) is 0 Å². The molecule has 1 aliphatic rings. The van der Waals surface area contributed by atoms with Crippen LogP contribution in [0.15, 0.2) is 42.5 Å². The smallest absolute Gasteiger partial charge is 0.0397 e. The molecule has 2 nitrogen and oxygen atoms in total. The Balaban J connectivity index is 1.97. The SMILES string of the molecule is CN1CCc2cc(-c3ccc(CN)cc3)ccc21. The van der Waals surface area contributed by atoms with E-state index < -0.39 is 0 Å². The van der Waals surface area contributed by atoms with Gasteiger partial charge in [-0.15, -0.1) is 0 Å². The minimum Gasteiger partial charge on any atom is -0.374 e. The number of nitrogens with two attached hydrogens (primary N) is 1. The fraction of sp³-hybridized carbons (Fsp3) is 0.250. The number of nitrogens with zero attached hydrogens (tertiary/aromatic N) is 1. The standard InChI is InChI=1S/C16H18N2/c1-18-9-8-15-10-14(6-7-16(15)18)13-4-2-12(11-17)3-5-13/h2-7,10H,8-9,11,17H2,1H3. The second-order valence-electron chi connectivity index (χ2n) is 4.92. The van der Waals surface area contributed by atoms with E-state index >= 15 is 0 Å². The summed E-state index contributed by atoms with van der Waals surface area (Å²) in [4.78, 5) is 2.32. The Morgan fingerprint density at radius 3 is 2.50 bits per heavy atom. The summed E-state index contributed by atoms with van der Waals surface area (Å²) in [5, 5.41) is 0. The van der Waals surface area contributed by atoms with Gasteiger partial charge in [-0.25, -0.2) is 0 Å². The van der Waals surface area contributed by atoms with E-state index in [2.05, 4.69) is 54.4 Å². The molecule has 0 radical (unpaired) electrons.